The number of Topliss-reactive ketones (excluding diaryl/α,β-unsaturated/α-hetero) is 1. The SMILES string of the molecule is COC(=O)[C@@H]1C[C@](C#N)(c2cccs2)CCC1=O. The Labute approximate surface area is 109 Å². The average molecular weight is 263 g/mol. The van der Waals surface area contributed by atoms with Crippen molar-refractivity contribution in [3.8, 4) is 6.07 Å². The highest BCUT2D eigenvalue weighted by atomic mass is 32.1. The zero-order valence-corrected chi connectivity index (χ0v) is 10.8. The Morgan fingerprint density at radius 1 is 1.67 bits per heavy atom. The number of ketones is 1. The molecule has 0 N–H and O–H groups in total. The fraction of sp³-hybridized carbons (Fsp3) is 0.462. The van der Waals surface area contributed by atoms with Gasteiger partial charge in [-0.25, -0.2) is 0 Å². The number of carbonyl (C=O) groups is 2. The van der Waals surface area contributed by atoms with E-state index in [2.05, 4.69) is 10.8 Å². The van der Waals surface area contributed by atoms with Gasteiger partial charge in [-0.1, -0.05) is 6.07 Å². The molecule has 1 aliphatic rings. The molecule has 18 heavy (non-hydrogen) atoms. The van der Waals surface area contributed by atoms with E-state index < -0.39 is 17.3 Å². The van der Waals surface area contributed by atoms with E-state index in [0.717, 1.165) is 4.88 Å². The molecule has 5 heteroatoms. The second-order valence-electron chi connectivity index (χ2n) is 4.42. The quantitative estimate of drug-likeness (QED) is 0.605. The minimum atomic E-state index is -0.800. The van der Waals surface area contributed by atoms with Crippen molar-refractivity contribution in [3.05, 3.63) is 22.4 Å². The topological polar surface area (TPSA) is 67.2 Å². The van der Waals surface area contributed by atoms with Gasteiger partial charge in [-0.3, -0.25) is 9.59 Å². The van der Waals surface area contributed by atoms with Crippen LogP contribution in [0.25, 0.3) is 0 Å². The number of ether oxygens (including phenoxy) is 1. The largest absolute Gasteiger partial charge is 0.468 e. The number of hydrogen-bond acceptors (Lipinski definition) is 5. The van der Waals surface area contributed by atoms with Crippen LogP contribution in [0.1, 0.15) is 24.1 Å². The molecule has 0 saturated heterocycles. The molecule has 1 aliphatic carbocycles. The van der Waals surface area contributed by atoms with Crippen molar-refractivity contribution in [1.82, 2.24) is 0 Å². The van der Waals surface area contributed by atoms with E-state index in [1.54, 1.807) is 0 Å². The Morgan fingerprint density at radius 2 is 2.44 bits per heavy atom. The van der Waals surface area contributed by atoms with Gasteiger partial charge in [0.2, 0.25) is 0 Å². The molecule has 2 rings (SSSR count). The van der Waals surface area contributed by atoms with Crippen molar-refractivity contribution < 1.29 is 14.3 Å². The maximum atomic E-state index is 11.8. The van der Waals surface area contributed by atoms with Gasteiger partial charge in [0, 0.05) is 11.3 Å². The Bertz CT molecular complexity index is 495. The molecule has 0 aromatic carbocycles. The van der Waals surface area contributed by atoms with Crippen LogP contribution in [-0.2, 0) is 19.7 Å². The smallest absolute Gasteiger partial charge is 0.316 e. The van der Waals surface area contributed by atoms with Crippen LogP contribution in [0.15, 0.2) is 17.5 Å². The molecule has 0 radical (unpaired) electrons. The average Bonchev–Trinajstić information content (AvgIpc) is 2.93. The van der Waals surface area contributed by atoms with Gasteiger partial charge < -0.3 is 4.74 Å². The van der Waals surface area contributed by atoms with Crippen LogP contribution < -0.4 is 0 Å². The third-order valence-electron chi connectivity index (χ3n) is 3.43. The van der Waals surface area contributed by atoms with Gasteiger partial charge in [0.15, 0.2) is 0 Å². The number of carbonyl (C=O) groups excluding carboxylic acids is 2. The lowest BCUT2D eigenvalue weighted by Gasteiger charge is -2.32. The van der Waals surface area contributed by atoms with Gasteiger partial charge in [0.25, 0.3) is 0 Å². The van der Waals surface area contributed by atoms with Crippen LogP contribution >= 0.6 is 11.3 Å². The molecule has 1 heterocycles. The summed E-state index contributed by atoms with van der Waals surface area (Å²) in [4.78, 5) is 24.3. The molecule has 0 aliphatic heterocycles. The Balaban J connectivity index is 2.33. The fourth-order valence-electron chi connectivity index (χ4n) is 2.36. The molecule has 0 amide bonds. The number of methoxy groups -OCH3 is 1. The number of thiophene rings is 1. The zero-order chi connectivity index (χ0) is 13.2. The summed E-state index contributed by atoms with van der Waals surface area (Å²) in [5.74, 6) is -1.45. The number of rotatable bonds is 2. The minimum absolute atomic E-state index is 0.121. The van der Waals surface area contributed by atoms with Crippen LogP contribution in [-0.4, -0.2) is 18.9 Å². The molecular weight excluding hydrogens is 250 g/mol. The summed E-state index contributed by atoms with van der Waals surface area (Å²) < 4.78 is 4.65. The highest BCUT2D eigenvalue weighted by molar-refractivity contribution is 7.10. The van der Waals surface area contributed by atoms with Crippen LogP contribution in [0.3, 0.4) is 0 Å². The summed E-state index contributed by atoms with van der Waals surface area (Å²) in [6.07, 6.45) is 0.969. The highest BCUT2D eigenvalue weighted by Gasteiger charge is 2.45. The van der Waals surface area contributed by atoms with E-state index in [0.29, 0.717) is 6.42 Å². The van der Waals surface area contributed by atoms with Gasteiger partial charge in [0.1, 0.15) is 11.7 Å². The van der Waals surface area contributed by atoms with Crippen molar-refractivity contribution in [2.75, 3.05) is 7.11 Å². The lowest BCUT2D eigenvalue weighted by atomic mass is 9.69. The molecule has 0 spiro atoms. The second-order valence-corrected chi connectivity index (χ2v) is 5.37. The molecule has 1 fully saturated rings. The van der Waals surface area contributed by atoms with Crippen LogP contribution in [0, 0.1) is 17.2 Å². The summed E-state index contributed by atoms with van der Waals surface area (Å²) in [7, 11) is 1.27. The van der Waals surface area contributed by atoms with Crippen molar-refractivity contribution in [3.63, 3.8) is 0 Å². The molecule has 1 aromatic heterocycles. The first kappa shape index (κ1) is 12.8. The van der Waals surface area contributed by atoms with Gasteiger partial charge in [-0.15, -0.1) is 11.3 Å². The Hall–Kier alpha value is -1.67. The summed E-state index contributed by atoms with van der Waals surface area (Å²) in [5, 5.41) is 11.4. The summed E-state index contributed by atoms with van der Waals surface area (Å²) in [5.41, 5.74) is -0.721. The molecule has 1 aromatic rings. The Kier molecular flexibility index (Phi) is 3.48. The Morgan fingerprint density at radius 3 is 3.00 bits per heavy atom. The third kappa shape index (κ3) is 2.04. The first-order valence-electron chi connectivity index (χ1n) is 5.69. The molecular formula is C13H13NO3S. The van der Waals surface area contributed by atoms with Gasteiger partial charge in [-0.05, 0) is 24.3 Å². The first-order chi connectivity index (χ1) is 8.63. The van der Waals surface area contributed by atoms with Crippen molar-refractivity contribution in [2.24, 2.45) is 5.92 Å². The van der Waals surface area contributed by atoms with E-state index in [9.17, 15) is 14.9 Å². The van der Waals surface area contributed by atoms with Gasteiger partial charge >= 0.3 is 5.97 Å². The summed E-state index contributed by atoms with van der Waals surface area (Å²) >= 11 is 1.49. The minimum Gasteiger partial charge on any atom is -0.468 e. The van der Waals surface area contributed by atoms with E-state index >= 15 is 0 Å². The molecule has 94 valence electrons. The molecule has 4 nitrogen and oxygen atoms in total. The maximum absolute atomic E-state index is 11.8. The van der Waals surface area contributed by atoms with Crippen LogP contribution in [0.4, 0.5) is 0 Å². The first-order valence-corrected chi connectivity index (χ1v) is 6.57. The lowest BCUT2D eigenvalue weighted by molar-refractivity contribution is -0.151. The van der Waals surface area contributed by atoms with E-state index in [4.69, 9.17) is 0 Å². The van der Waals surface area contributed by atoms with Crippen molar-refractivity contribution in [1.29, 1.82) is 5.26 Å². The second kappa shape index (κ2) is 4.91. The fourth-order valence-corrected chi connectivity index (χ4v) is 3.28. The lowest BCUT2D eigenvalue weighted by Crippen LogP contribution is -2.40. The maximum Gasteiger partial charge on any atom is 0.316 e. The number of hydrogen-bond donors (Lipinski definition) is 0. The normalized spacial score (nSPS) is 27.6. The summed E-state index contributed by atoms with van der Waals surface area (Å²) in [6.45, 7) is 0. The predicted molar refractivity (Wildman–Crippen MR) is 66.0 cm³/mol. The molecule has 1 saturated carbocycles. The van der Waals surface area contributed by atoms with E-state index in [1.807, 2.05) is 17.5 Å². The molecule has 2 atom stereocenters. The third-order valence-corrected chi connectivity index (χ3v) is 4.51. The van der Waals surface area contributed by atoms with Gasteiger partial charge in [-0.2, -0.15) is 5.26 Å². The zero-order valence-electron chi connectivity index (χ0n) is 10.0. The molecule has 0 bridgehead atoms. The number of esters is 1. The molecule has 0 unspecified atom stereocenters. The monoisotopic (exact) mass is 263 g/mol. The summed E-state index contributed by atoms with van der Waals surface area (Å²) in [6, 6.07) is 6.06. The van der Waals surface area contributed by atoms with Gasteiger partial charge in [0.05, 0.1) is 18.6 Å². The predicted octanol–water partition coefficient (Wildman–Crippen LogP) is 2.05. The van der Waals surface area contributed by atoms with E-state index in [1.165, 1.54) is 18.4 Å². The highest BCUT2D eigenvalue weighted by Crippen LogP contribution is 2.42. The van der Waals surface area contributed by atoms with Crippen LogP contribution in [0.2, 0.25) is 0 Å². The number of nitriles is 1. The van der Waals surface area contributed by atoms with Crippen molar-refractivity contribution >= 4 is 23.1 Å². The van der Waals surface area contributed by atoms with Crippen LogP contribution in [0.5, 0.6) is 0 Å². The van der Waals surface area contributed by atoms with Crippen molar-refractivity contribution in [2.45, 2.75) is 24.7 Å². The van der Waals surface area contributed by atoms with E-state index in [-0.39, 0.29) is 18.6 Å². The standard InChI is InChI=1S/C13H13NO3S/c1-17-12(16)9-7-13(8-14,5-4-10(9)15)11-3-2-6-18-11/h2-3,6,9H,4-5,7H2,1H3/t9-,13-/m1/s1. The number of nitrogens with zero attached hydrogens (tertiary/aromatic N) is 1.